The van der Waals surface area contributed by atoms with Gasteiger partial charge in [0.25, 0.3) is 0 Å². The highest BCUT2D eigenvalue weighted by Gasteiger charge is 2.36. The molecule has 1 aliphatic heterocycles. The van der Waals surface area contributed by atoms with Crippen molar-refractivity contribution in [3.8, 4) is 0 Å². The van der Waals surface area contributed by atoms with Gasteiger partial charge in [-0.3, -0.25) is 0 Å². The topological polar surface area (TPSA) is 55.6 Å². The van der Waals surface area contributed by atoms with Gasteiger partial charge in [0.05, 0.1) is 0 Å². The lowest BCUT2D eigenvalue weighted by atomic mass is 9.92. The van der Waals surface area contributed by atoms with Crippen molar-refractivity contribution >= 4 is 6.09 Å². The van der Waals surface area contributed by atoms with E-state index in [0.29, 0.717) is 13.0 Å². The average molecular weight is 296 g/mol. The molecule has 4 nitrogen and oxygen atoms in total. The third kappa shape index (κ3) is 5.98. The second-order valence-corrected chi connectivity index (χ2v) is 6.29. The molecule has 0 aromatic rings. The first kappa shape index (κ1) is 17.1. The van der Waals surface area contributed by atoms with Crippen molar-refractivity contribution in [2.24, 2.45) is 11.7 Å². The summed E-state index contributed by atoms with van der Waals surface area (Å²) in [5.74, 6) is -0.637. The minimum absolute atomic E-state index is 0.250. The van der Waals surface area contributed by atoms with Crippen molar-refractivity contribution in [1.82, 2.24) is 4.90 Å². The van der Waals surface area contributed by atoms with Crippen molar-refractivity contribution in [3.63, 3.8) is 0 Å². The minimum Gasteiger partial charge on any atom is -0.444 e. The van der Waals surface area contributed by atoms with Gasteiger partial charge in [0.1, 0.15) is 5.60 Å². The Labute approximate surface area is 117 Å². The zero-order chi connectivity index (χ0) is 15.6. The van der Waals surface area contributed by atoms with E-state index in [1.165, 1.54) is 4.90 Å². The monoisotopic (exact) mass is 296 g/mol. The summed E-state index contributed by atoms with van der Waals surface area (Å²) in [5.41, 5.74) is 5.18. The lowest BCUT2D eigenvalue weighted by Gasteiger charge is -2.26. The molecule has 0 spiro atoms. The molecular formula is C13H23F3N2O2. The largest absolute Gasteiger partial charge is 0.444 e. The summed E-state index contributed by atoms with van der Waals surface area (Å²) in [4.78, 5) is 13.4. The molecule has 1 amide bonds. The molecule has 20 heavy (non-hydrogen) atoms. The number of hydrogen-bond acceptors (Lipinski definition) is 3. The van der Waals surface area contributed by atoms with Gasteiger partial charge in [0.2, 0.25) is 0 Å². The Bertz CT molecular complexity index is 339. The number of likely N-dealkylation sites (tertiary alicyclic amines) is 1. The number of hydrogen-bond donors (Lipinski definition) is 1. The first-order chi connectivity index (χ1) is 8.98. The van der Waals surface area contributed by atoms with Crippen LogP contribution in [0.4, 0.5) is 18.0 Å². The van der Waals surface area contributed by atoms with Crippen LogP contribution in [0.3, 0.4) is 0 Å². The molecule has 0 aromatic carbocycles. The van der Waals surface area contributed by atoms with E-state index in [2.05, 4.69) is 0 Å². The number of amides is 1. The number of nitrogens with zero attached hydrogens (tertiary/aromatic N) is 1. The average Bonchev–Trinajstić information content (AvgIpc) is 2.38. The summed E-state index contributed by atoms with van der Waals surface area (Å²) < 4.78 is 42.6. The van der Waals surface area contributed by atoms with Crippen LogP contribution in [0.5, 0.6) is 0 Å². The minimum atomic E-state index is -4.22. The quantitative estimate of drug-likeness (QED) is 0.809. The van der Waals surface area contributed by atoms with Crippen LogP contribution in [0.2, 0.25) is 0 Å². The molecule has 2 atom stereocenters. The van der Waals surface area contributed by atoms with Crippen molar-refractivity contribution in [3.05, 3.63) is 0 Å². The molecule has 1 heterocycles. The van der Waals surface area contributed by atoms with E-state index in [0.717, 1.165) is 0 Å². The van der Waals surface area contributed by atoms with Gasteiger partial charge in [-0.15, -0.1) is 0 Å². The van der Waals surface area contributed by atoms with Gasteiger partial charge >= 0.3 is 12.3 Å². The van der Waals surface area contributed by atoms with Crippen molar-refractivity contribution < 1.29 is 22.7 Å². The molecular weight excluding hydrogens is 273 g/mol. The number of rotatable bonds is 1. The second-order valence-electron chi connectivity index (χ2n) is 6.29. The Balaban J connectivity index is 2.59. The van der Waals surface area contributed by atoms with E-state index in [1.807, 2.05) is 0 Å². The summed E-state index contributed by atoms with van der Waals surface area (Å²) >= 11 is 0. The van der Waals surface area contributed by atoms with E-state index < -0.39 is 36.3 Å². The van der Waals surface area contributed by atoms with E-state index in [9.17, 15) is 18.0 Å². The first-order valence-electron chi connectivity index (χ1n) is 6.78. The molecule has 0 bridgehead atoms. The van der Waals surface area contributed by atoms with Crippen LogP contribution in [0.1, 0.15) is 40.0 Å². The van der Waals surface area contributed by atoms with Gasteiger partial charge in [0.15, 0.2) is 0 Å². The van der Waals surface area contributed by atoms with Crippen LogP contribution < -0.4 is 5.73 Å². The number of ether oxygens (including phenoxy) is 1. The zero-order valence-electron chi connectivity index (χ0n) is 12.2. The number of nitrogens with two attached hydrogens (primary N) is 1. The summed E-state index contributed by atoms with van der Waals surface area (Å²) in [6.45, 7) is 5.84. The second kappa shape index (κ2) is 6.20. The fourth-order valence-electron chi connectivity index (χ4n) is 2.25. The van der Waals surface area contributed by atoms with Crippen LogP contribution in [-0.2, 0) is 4.74 Å². The van der Waals surface area contributed by atoms with Crippen LogP contribution in [0, 0.1) is 5.92 Å². The van der Waals surface area contributed by atoms with E-state index >= 15 is 0 Å². The van der Waals surface area contributed by atoms with E-state index in [-0.39, 0.29) is 13.0 Å². The maximum absolute atomic E-state index is 12.5. The van der Waals surface area contributed by atoms with Gasteiger partial charge in [-0.2, -0.15) is 13.2 Å². The van der Waals surface area contributed by atoms with Gasteiger partial charge in [0, 0.05) is 25.6 Å². The molecule has 2 unspecified atom stereocenters. The Morgan fingerprint density at radius 3 is 2.30 bits per heavy atom. The molecule has 2 N–H and O–H groups in total. The highest BCUT2D eigenvalue weighted by Crippen LogP contribution is 2.30. The molecule has 1 fully saturated rings. The summed E-state index contributed by atoms with van der Waals surface area (Å²) in [7, 11) is 0. The third-order valence-corrected chi connectivity index (χ3v) is 3.25. The molecule has 0 aliphatic carbocycles. The predicted molar refractivity (Wildman–Crippen MR) is 69.2 cm³/mol. The maximum Gasteiger partial charge on any atom is 0.410 e. The van der Waals surface area contributed by atoms with Gasteiger partial charge in [-0.05, 0) is 39.5 Å². The predicted octanol–water partition coefficient (Wildman–Crippen LogP) is 2.91. The number of alkyl halides is 3. The number of carbonyl (C=O) groups is 1. The van der Waals surface area contributed by atoms with E-state index in [4.69, 9.17) is 10.5 Å². The molecule has 0 radical (unpaired) electrons. The zero-order valence-corrected chi connectivity index (χ0v) is 12.2. The highest BCUT2D eigenvalue weighted by atomic mass is 19.4. The smallest absolute Gasteiger partial charge is 0.410 e. The molecule has 0 saturated carbocycles. The van der Waals surface area contributed by atoms with Crippen LogP contribution >= 0.6 is 0 Å². The Kier molecular flexibility index (Phi) is 5.29. The maximum atomic E-state index is 12.5. The summed E-state index contributed by atoms with van der Waals surface area (Å²) in [6, 6.07) is -0.538. The lowest BCUT2D eigenvalue weighted by molar-refractivity contribution is -0.146. The standard InChI is InChI=1S/C13H23F3N2O2/c1-12(2,3)20-11(19)18-6-4-9(8-13(14,15)16)10(17)5-7-18/h9-10H,4-8,17H2,1-3H3. The number of halogens is 3. The van der Waals surface area contributed by atoms with E-state index in [1.54, 1.807) is 20.8 Å². The van der Waals surface area contributed by atoms with Gasteiger partial charge in [-0.1, -0.05) is 0 Å². The Morgan fingerprint density at radius 1 is 1.25 bits per heavy atom. The molecule has 118 valence electrons. The fourth-order valence-corrected chi connectivity index (χ4v) is 2.25. The SMILES string of the molecule is CC(C)(C)OC(=O)N1CCC(N)C(CC(F)(F)F)CC1. The fraction of sp³-hybridized carbons (Fsp3) is 0.923. The molecule has 0 aromatic heterocycles. The number of carbonyl (C=O) groups excluding carboxylic acids is 1. The third-order valence-electron chi connectivity index (χ3n) is 3.25. The van der Waals surface area contributed by atoms with Crippen molar-refractivity contribution in [1.29, 1.82) is 0 Å². The molecule has 1 aliphatic rings. The van der Waals surface area contributed by atoms with Crippen molar-refractivity contribution in [2.45, 2.75) is 57.9 Å². The van der Waals surface area contributed by atoms with Gasteiger partial charge in [-0.25, -0.2) is 4.79 Å². The lowest BCUT2D eigenvalue weighted by Crippen LogP contribution is -2.37. The van der Waals surface area contributed by atoms with Gasteiger partial charge < -0.3 is 15.4 Å². The van der Waals surface area contributed by atoms with Crippen LogP contribution in [-0.4, -0.2) is 41.9 Å². The van der Waals surface area contributed by atoms with Crippen LogP contribution in [0.15, 0.2) is 0 Å². The molecule has 1 rings (SSSR count). The molecule has 7 heteroatoms. The Morgan fingerprint density at radius 2 is 1.80 bits per heavy atom. The summed E-state index contributed by atoms with van der Waals surface area (Å²) in [6.07, 6.45) is -4.99. The molecule has 1 saturated heterocycles. The highest BCUT2D eigenvalue weighted by molar-refractivity contribution is 5.68. The Hall–Kier alpha value is -0.980. The first-order valence-corrected chi connectivity index (χ1v) is 6.78. The van der Waals surface area contributed by atoms with Crippen LogP contribution in [0.25, 0.3) is 0 Å². The van der Waals surface area contributed by atoms with Crippen molar-refractivity contribution in [2.75, 3.05) is 13.1 Å². The summed E-state index contributed by atoms with van der Waals surface area (Å²) in [5, 5.41) is 0. The normalized spacial score (nSPS) is 25.2.